The van der Waals surface area contributed by atoms with Gasteiger partial charge in [0, 0.05) is 25.3 Å². The number of nitrogens with one attached hydrogen (secondary N) is 1. The number of hydrogen-bond acceptors (Lipinski definition) is 2. The third-order valence-electron chi connectivity index (χ3n) is 4.62. The Bertz CT molecular complexity index is 390. The Morgan fingerprint density at radius 2 is 1.89 bits per heavy atom. The molecule has 1 aliphatic heterocycles. The molecule has 98 valence electrons. The van der Waals surface area contributed by atoms with E-state index in [1.165, 1.54) is 43.6 Å². The molecule has 0 bridgehead atoms. The van der Waals surface area contributed by atoms with Gasteiger partial charge in [0.25, 0.3) is 0 Å². The van der Waals surface area contributed by atoms with E-state index in [-0.39, 0.29) is 0 Å². The highest BCUT2D eigenvalue weighted by molar-refractivity contribution is 5.54. The second kappa shape index (κ2) is 5.31. The summed E-state index contributed by atoms with van der Waals surface area (Å²) in [6.07, 6.45) is 4.37. The van der Waals surface area contributed by atoms with Gasteiger partial charge in [-0.05, 0) is 42.9 Å². The molecule has 1 aromatic carbocycles. The van der Waals surface area contributed by atoms with E-state index in [1.54, 1.807) is 0 Å². The third-order valence-corrected chi connectivity index (χ3v) is 4.62. The van der Waals surface area contributed by atoms with E-state index in [1.807, 2.05) is 0 Å². The summed E-state index contributed by atoms with van der Waals surface area (Å²) in [5.41, 5.74) is 2.92. The first-order chi connectivity index (χ1) is 8.88. The van der Waals surface area contributed by atoms with Crippen LogP contribution in [0.5, 0.6) is 0 Å². The van der Waals surface area contributed by atoms with Crippen molar-refractivity contribution in [2.24, 2.45) is 11.8 Å². The molecule has 1 saturated heterocycles. The topological polar surface area (TPSA) is 15.3 Å². The van der Waals surface area contributed by atoms with Gasteiger partial charge >= 0.3 is 0 Å². The fourth-order valence-electron chi connectivity index (χ4n) is 3.66. The molecule has 1 N–H and O–H groups in total. The van der Waals surface area contributed by atoms with E-state index in [0.29, 0.717) is 0 Å². The van der Waals surface area contributed by atoms with Crippen LogP contribution in [0.2, 0.25) is 0 Å². The third kappa shape index (κ3) is 2.26. The minimum atomic E-state index is 0.970. The lowest BCUT2D eigenvalue weighted by Gasteiger charge is -2.23. The van der Waals surface area contributed by atoms with E-state index >= 15 is 0 Å². The summed E-state index contributed by atoms with van der Waals surface area (Å²) in [6.45, 7) is 6.78. The van der Waals surface area contributed by atoms with Gasteiger partial charge in [0.1, 0.15) is 0 Å². The maximum atomic E-state index is 3.45. The van der Waals surface area contributed by atoms with Crippen LogP contribution in [-0.2, 0) is 6.54 Å². The van der Waals surface area contributed by atoms with E-state index in [4.69, 9.17) is 0 Å². The molecule has 2 heteroatoms. The molecular formula is C16H24N2. The molecule has 0 radical (unpaired) electrons. The fourth-order valence-corrected chi connectivity index (χ4v) is 3.66. The minimum Gasteiger partial charge on any atom is -0.371 e. The van der Waals surface area contributed by atoms with Crippen LogP contribution in [-0.4, -0.2) is 19.6 Å². The molecule has 0 aromatic heterocycles. The SMILES string of the molecule is CCNCc1ccccc1N1CC2CCCC2C1. The molecule has 1 aliphatic carbocycles. The highest BCUT2D eigenvalue weighted by atomic mass is 15.2. The van der Waals surface area contributed by atoms with E-state index in [2.05, 4.69) is 41.4 Å². The number of para-hydroxylation sites is 1. The predicted octanol–water partition coefficient (Wildman–Crippen LogP) is 3.03. The lowest BCUT2D eigenvalue weighted by Crippen LogP contribution is -2.23. The average molecular weight is 244 g/mol. The second-order valence-corrected chi connectivity index (χ2v) is 5.77. The first kappa shape index (κ1) is 12.0. The summed E-state index contributed by atoms with van der Waals surface area (Å²) in [6, 6.07) is 8.91. The fraction of sp³-hybridized carbons (Fsp3) is 0.625. The molecule has 2 atom stereocenters. The number of rotatable bonds is 4. The number of hydrogen-bond donors (Lipinski definition) is 1. The van der Waals surface area contributed by atoms with Gasteiger partial charge in [0.05, 0.1) is 0 Å². The Kier molecular flexibility index (Phi) is 3.55. The Morgan fingerprint density at radius 3 is 2.61 bits per heavy atom. The van der Waals surface area contributed by atoms with Crippen LogP contribution in [0.1, 0.15) is 31.7 Å². The second-order valence-electron chi connectivity index (χ2n) is 5.77. The molecule has 1 aromatic rings. The summed E-state index contributed by atoms with van der Waals surface area (Å²) in [5.74, 6) is 1.94. The van der Waals surface area contributed by atoms with Gasteiger partial charge in [-0.1, -0.05) is 31.5 Å². The van der Waals surface area contributed by atoms with E-state index in [0.717, 1.165) is 24.9 Å². The molecule has 0 amide bonds. The maximum Gasteiger partial charge on any atom is 0.0412 e. The molecule has 1 heterocycles. The standard InChI is InChI=1S/C16H24N2/c1-2-17-10-13-6-3-4-9-16(13)18-11-14-7-5-8-15(14)12-18/h3-4,6,9,14-15,17H,2,5,7-8,10-12H2,1H3. The lowest BCUT2D eigenvalue weighted by atomic mass is 10.0. The quantitative estimate of drug-likeness (QED) is 0.876. The average Bonchev–Trinajstić information content (AvgIpc) is 2.97. The Labute approximate surface area is 110 Å². The molecule has 18 heavy (non-hydrogen) atoms. The van der Waals surface area contributed by atoms with Crippen LogP contribution in [0.15, 0.2) is 24.3 Å². The van der Waals surface area contributed by atoms with Crippen molar-refractivity contribution < 1.29 is 0 Å². The van der Waals surface area contributed by atoms with Crippen LogP contribution >= 0.6 is 0 Å². The van der Waals surface area contributed by atoms with Crippen molar-refractivity contribution in [3.8, 4) is 0 Å². The number of benzene rings is 1. The molecule has 2 fully saturated rings. The summed E-state index contributed by atoms with van der Waals surface area (Å²) in [4.78, 5) is 2.63. The highest BCUT2D eigenvalue weighted by Gasteiger charge is 2.36. The first-order valence-corrected chi connectivity index (χ1v) is 7.42. The van der Waals surface area contributed by atoms with Crippen molar-refractivity contribution in [2.45, 2.75) is 32.7 Å². The Balaban J connectivity index is 1.75. The van der Waals surface area contributed by atoms with Gasteiger partial charge in [-0.15, -0.1) is 0 Å². The van der Waals surface area contributed by atoms with Crippen molar-refractivity contribution in [1.29, 1.82) is 0 Å². The van der Waals surface area contributed by atoms with Gasteiger partial charge < -0.3 is 10.2 Å². The molecule has 2 nitrogen and oxygen atoms in total. The zero-order valence-electron chi connectivity index (χ0n) is 11.4. The normalized spacial score (nSPS) is 26.6. The van der Waals surface area contributed by atoms with Gasteiger partial charge in [-0.25, -0.2) is 0 Å². The summed E-state index contributed by atoms with van der Waals surface area (Å²) in [5, 5.41) is 3.45. The Morgan fingerprint density at radius 1 is 1.17 bits per heavy atom. The maximum absolute atomic E-state index is 3.45. The lowest BCUT2D eigenvalue weighted by molar-refractivity contribution is 0.494. The molecule has 3 rings (SSSR count). The molecule has 1 saturated carbocycles. The van der Waals surface area contributed by atoms with Crippen molar-refractivity contribution >= 4 is 5.69 Å². The highest BCUT2D eigenvalue weighted by Crippen LogP contribution is 2.40. The summed E-state index contributed by atoms with van der Waals surface area (Å²) in [7, 11) is 0. The van der Waals surface area contributed by atoms with Gasteiger partial charge in [0.15, 0.2) is 0 Å². The molecule has 2 unspecified atom stereocenters. The predicted molar refractivity (Wildman–Crippen MR) is 76.9 cm³/mol. The van der Waals surface area contributed by atoms with Crippen molar-refractivity contribution in [3.05, 3.63) is 29.8 Å². The van der Waals surface area contributed by atoms with Crippen LogP contribution < -0.4 is 10.2 Å². The largest absolute Gasteiger partial charge is 0.371 e. The van der Waals surface area contributed by atoms with Gasteiger partial charge in [0.2, 0.25) is 0 Å². The van der Waals surface area contributed by atoms with Crippen molar-refractivity contribution in [2.75, 3.05) is 24.5 Å². The zero-order valence-corrected chi connectivity index (χ0v) is 11.4. The number of nitrogens with zero attached hydrogens (tertiary/aromatic N) is 1. The van der Waals surface area contributed by atoms with Gasteiger partial charge in [-0.2, -0.15) is 0 Å². The summed E-state index contributed by atoms with van der Waals surface area (Å²) < 4.78 is 0. The monoisotopic (exact) mass is 244 g/mol. The minimum absolute atomic E-state index is 0.970. The van der Waals surface area contributed by atoms with Crippen molar-refractivity contribution in [1.82, 2.24) is 5.32 Å². The van der Waals surface area contributed by atoms with Crippen LogP contribution in [0.4, 0.5) is 5.69 Å². The Hall–Kier alpha value is -1.02. The number of anilines is 1. The van der Waals surface area contributed by atoms with Gasteiger partial charge in [-0.3, -0.25) is 0 Å². The smallest absolute Gasteiger partial charge is 0.0412 e. The van der Waals surface area contributed by atoms with Crippen LogP contribution in [0.3, 0.4) is 0 Å². The first-order valence-electron chi connectivity index (χ1n) is 7.42. The molecule has 0 spiro atoms. The van der Waals surface area contributed by atoms with E-state index < -0.39 is 0 Å². The molecule has 2 aliphatic rings. The molecular weight excluding hydrogens is 220 g/mol. The summed E-state index contributed by atoms with van der Waals surface area (Å²) >= 11 is 0. The number of fused-ring (bicyclic) bond motifs is 1. The van der Waals surface area contributed by atoms with Crippen LogP contribution in [0.25, 0.3) is 0 Å². The van der Waals surface area contributed by atoms with E-state index in [9.17, 15) is 0 Å². The zero-order chi connectivity index (χ0) is 12.4. The van der Waals surface area contributed by atoms with Crippen LogP contribution in [0, 0.1) is 11.8 Å². The van der Waals surface area contributed by atoms with Crippen molar-refractivity contribution in [3.63, 3.8) is 0 Å².